The fourth-order valence-electron chi connectivity index (χ4n) is 1.18. The second-order valence-electron chi connectivity index (χ2n) is 3.16. The van der Waals surface area contributed by atoms with Crippen LogP contribution in [0.25, 0.3) is 0 Å². The minimum atomic E-state index is 0.777. The Kier molecular flexibility index (Phi) is 6.13. The molecule has 0 aliphatic carbocycles. The fourth-order valence-corrected chi connectivity index (χ4v) is 2.69. The molecule has 0 fully saturated rings. The normalized spacial score (nSPS) is 10.3. The van der Waals surface area contributed by atoms with Gasteiger partial charge in [0, 0.05) is 5.75 Å². The number of nitrogens with two attached hydrogens (primary N) is 1. The van der Waals surface area contributed by atoms with Gasteiger partial charge in [-0.1, -0.05) is 6.07 Å². The van der Waals surface area contributed by atoms with E-state index in [1.165, 1.54) is 5.56 Å². The monoisotopic (exact) mass is 289 g/mol. The van der Waals surface area contributed by atoms with Gasteiger partial charge in [-0.25, -0.2) is 0 Å². The molecule has 2 N–H and O–H groups in total. The quantitative estimate of drug-likeness (QED) is 0.818. The number of hydrogen-bond donors (Lipinski definition) is 1. The van der Waals surface area contributed by atoms with Gasteiger partial charge in [0.15, 0.2) is 0 Å². The molecule has 0 saturated heterocycles. The van der Waals surface area contributed by atoms with Gasteiger partial charge in [0.25, 0.3) is 0 Å². The van der Waals surface area contributed by atoms with E-state index in [9.17, 15) is 0 Å². The number of methoxy groups -OCH3 is 1. The summed E-state index contributed by atoms with van der Waals surface area (Å²) >= 11 is 5.39. The summed E-state index contributed by atoms with van der Waals surface area (Å²) in [6.45, 7) is 0.777. The number of rotatable bonds is 6. The van der Waals surface area contributed by atoms with Crippen molar-refractivity contribution in [1.29, 1.82) is 0 Å². The van der Waals surface area contributed by atoms with E-state index in [1.807, 2.05) is 17.8 Å². The third kappa shape index (κ3) is 4.45. The largest absolute Gasteiger partial charge is 0.496 e. The molecule has 84 valence electrons. The van der Waals surface area contributed by atoms with Crippen molar-refractivity contribution in [3.05, 3.63) is 28.2 Å². The van der Waals surface area contributed by atoms with Crippen molar-refractivity contribution in [2.45, 2.75) is 12.2 Å². The van der Waals surface area contributed by atoms with Crippen LogP contribution >= 0.6 is 27.7 Å². The van der Waals surface area contributed by atoms with Crippen LogP contribution in [0.1, 0.15) is 12.0 Å². The number of thioether (sulfide) groups is 1. The minimum Gasteiger partial charge on any atom is -0.496 e. The Bertz CT molecular complexity index is 307. The van der Waals surface area contributed by atoms with Gasteiger partial charge >= 0.3 is 0 Å². The Morgan fingerprint density at radius 3 is 2.87 bits per heavy atom. The van der Waals surface area contributed by atoms with Gasteiger partial charge in [0.1, 0.15) is 5.75 Å². The summed E-state index contributed by atoms with van der Waals surface area (Å²) in [6.07, 6.45) is 1.09. The summed E-state index contributed by atoms with van der Waals surface area (Å²) in [5.74, 6) is 3.04. The number of hydrogen-bond acceptors (Lipinski definition) is 3. The first-order chi connectivity index (χ1) is 7.27. The third-order valence-corrected chi connectivity index (χ3v) is 3.71. The van der Waals surface area contributed by atoms with Crippen LogP contribution in [0.3, 0.4) is 0 Å². The predicted molar refractivity (Wildman–Crippen MR) is 70.5 cm³/mol. The van der Waals surface area contributed by atoms with Gasteiger partial charge in [-0.15, -0.1) is 0 Å². The standard InChI is InChI=1S/C11H16BrNOS/c1-14-11-4-3-9(7-10(11)12)8-15-6-2-5-13/h3-4,7H,2,5-6,8,13H2,1H3. The first-order valence-electron chi connectivity index (χ1n) is 4.88. The zero-order valence-corrected chi connectivity index (χ0v) is 11.2. The summed E-state index contributed by atoms with van der Waals surface area (Å²) in [4.78, 5) is 0. The molecule has 0 aromatic heterocycles. The Hall–Kier alpha value is -0.190. The van der Waals surface area contributed by atoms with Crippen LogP contribution in [-0.4, -0.2) is 19.4 Å². The lowest BCUT2D eigenvalue weighted by molar-refractivity contribution is 0.412. The van der Waals surface area contributed by atoms with Crippen LogP contribution in [0.2, 0.25) is 0 Å². The van der Waals surface area contributed by atoms with Crippen molar-refractivity contribution in [3.63, 3.8) is 0 Å². The molecule has 0 unspecified atom stereocenters. The van der Waals surface area contributed by atoms with Gasteiger partial charge in [-0.05, 0) is 52.3 Å². The molecule has 2 nitrogen and oxygen atoms in total. The lowest BCUT2D eigenvalue weighted by Crippen LogP contribution is -1.99. The van der Waals surface area contributed by atoms with Crippen molar-refractivity contribution in [2.75, 3.05) is 19.4 Å². The maximum absolute atomic E-state index is 5.43. The first kappa shape index (κ1) is 12.9. The zero-order chi connectivity index (χ0) is 11.1. The van der Waals surface area contributed by atoms with Gasteiger partial charge in [0.2, 0.25) is 0 Å². The van der Waals surface area contributed by atoms with Gasteiger partial charge in [-0.2, -0.15) is 11.8 Å². The molecule has 0 heterocycles. The molecule has 1 aromatic carbocycles. The van der Waals surface area contributed by atoms with Crippen molar-refractivity contribution in [3.8, 4) is 5.75 Å². The summed E-state index contributed by atoms with van der Waals surface area (Å²) in [7, 11) is 1.68. The fraction of sp³-hybridized carbons (Fsp3) is 0.455. The highest BCUT2D eigenvalue weighted by molar-refractivity contribution is 9.10. The van der Waals surface area contributed by atoms with Crippen LogP contribution in [0.15, 0.2) is 22.7 Å². The lowest BCUT2D eigenvalue weighted by atomic mass is 10.2. The molecule has 1 aromatic rings. The topological polar surface area (TPSA) is 35.2 Å². The summed E-state index contributed by atoms with van der Waals surface area (Å²) in [6, 6.07) is 6.19. The van der Waals surface area contributed by atoms with E-state index in [2.05, 4.69) is 28.1 Å². The van der Waals surface area contributed by atoms with Crippen LogP contribution < -0.4 is 10.5 Å². The van der Waals surface area contributed by atoms with E-state index in [1.54, 1.807) is 7.11 Å². The van der Waals surface area contributed by atoms with E-state index in [0.29, 0.717) is 0 Å². The molecule has 4 heteroatoms. The van der Waals surface area contributed by atoms with Gasteiger partial charge in [-0.3, -0.25) is 0 Å². The van der Waals surface area contributed by atoms with Crippen molar-refractivity contribution in [1.82, 2.24) is 0 Å². The second-order valence-corrected chi connectivity index (χ2v) is 5.12. The van der Waals surface area contributed by atoms with E-state index in [4.69, 9.17) is 10.5 Å². The smallest absolute Gasteiger partial charge is 0.133 e. The molecular weight excluding hydrogens is 274 g/mol. The Labute approximate surface area is 104 Å². The number of halogens is 1. The molecule has 0 radical (unpaired) electrons. The highest BCUT2D eigenvalue weighted by Gasteiger charge is 2.01. The van der Waals surface area contributed by atoms with Crippen LogP contribution in [0.4, 0.5) is 0 Å². The Morgan fingerprint density at radius 1 is 1.47 bits per heavy atom. The van der Waals surface area contributed by atoms with Crippen molar-refractivity contribution >= 4 is 27.7 Å². The SMILES string of the molecule is COc1ccc(CSCCCN)cc1Br. The summed E-state index contributed by atoms with van der Waals surface area (Å²) < 4.78 is 6.19. The molecule has 0 aliphatic rings. The van der Waals surface area contributed by atoms with Crippen molar-refractivity contribution < 1.29 is 4.74 Å². The predicted octanol–water partition coefficient (Wildman–Crippen LogP) is 3.04. The average molecular weight is 290 g/mol. The third-order valence-electron chi connectivity index (χ3n) is 1.98. The van der Waals surface area contributed by atoms with E-state index in [0.717, 1.165) is 34.7 Å². The van der Waals surface area contributed by atoms with Gasteiger partial charge < -0.3 is 10.5 Å². The molecular formula is C11H16BrNOS. The average Bonchev–Trinajstić information content (AvgIpc) is 2.25. The molecule has 1 rings (SSSR count). The van der Waals surface area contributed by atoms with Gasteiger partial charge in [0.05, 0.1) is 11.6 Å². The summed E-state index contributed by atoms with van der Waals surface area (Å²) in [5, 5.41) is 0. The van der Waals surface area contributed by atoms with Crippen LogP contribution in [0.5, 0.6) is 5.75 Å². The molecule has 0 atom stereocenters. The second kappa shape index (κ2) is 7.14. The molecule has 0 amide bonds. The summed E-state index contributed by atoms with van der Waals surface area (Å²) in [5.41, 5.74) is 6.74. The lowest BCUT2D eigenvalue weighted by Gasteiger charge is -2.06. The minimum absolute atomic E-state index is 0.777. The molecule has 0 aliphatic heterocycles. The highest BCUT2D eigenvalue weighted by atomic mass is 79.9. The van der Waals surface area contributed by atoms with E-state index >= 15 is 0 Å². The highest BCUT2D eigenvalue weighted by Crippen LogP contribution is 2.27. The number of ether oxygens (including phenoxy) is 1. The van der Waals surface area contributed by atoms with Crippen molar-refractivity contribution in [2.24, 2.45) is 5.73 Å². The maximum Gasteiger partial charge on any atom is 0.133 e. The number of benzene rings is 1. The molecule has 0 spiro atoms. The van der Waals surface area contributed by atoms with Crippen LogP contribution in [0, 0.1) is 0 Å². The Balaban J connectivity index is 2.45. The zero-order valence-electron chi connectivity index (χ0n) is 8.83. The maximum atomic E-state index is 5.43. The molecule has 0 saturated carbocycles. The van der Waals surface area contributed by atoms with E-state index < -0.39 is 0 Å². The molecule has 0 bridgehead atoms. The van der Waals surface area contributed by atoms with Crippen LogP contribution in [-0.2, 0) is 5.75 Å². The molecule has 15 heavy (non-hydrogen) atoms. The first-order valence-corrected chi connectivity index (χ1v) is 6.83. The Morgan fingerprint density at radius 2 is 2.27 bits per heavy atom. The van der Waals surface area contributed by atoms with E-state index in [-0.39, 0.29) is 0 Å².